The summed E-state index contributed by atoms with van der Waals surface area (Å²) >= 11 is 0. The lowest BCUT2D eigenvalue weighted by Crippen LogP contribution is -2.47. The number of hydrogen-bond donors (Lipinski definition) is 1. The Bertz CT molecular complexity index is 527. The largest absolute Gasteiger partial charge is 0.365 e. The Morgan fingerprint density at radius 1 is 1.47 bits per heavy atom. The van der Waals surface area contributed by atoms with Gasteiger partial charge in [0.25, 0.3) is 0 Å². The first-order chi connectivity index (χ1) is 9.22. The summed E-state index contributed by atoms with van der Waals surface area (Å²) < 4.78 is 0. The first-order valence-electron chi connectivity index (χ1n) is 7.25. The quantitative estimate of drug-likeness (QED) is 0.652. The molecule has 102 valence electrons. The third kappa shape index (κ3) is 1.39. The molecule has 2 aliphatic heterocycles. The summed E-state index contributed by atoms with van der Waals surface area (Å²) in [6, 6.07) is 2.22. The molecule has 4 rings (SSSR count). The van der Waals surface area contributed by atoms with Crippen LogP contribution in [0, 0.1) is 22.0 Å². The number of H-pyrrole nitrogens is 1. The molecule has 3 aliphatic rings. The van der Waals surface area contributed by atoms with Crippen molar-refractivity contribution in [1.29, 1.82) is 0 Å². The standard InChI is InChI=1S/C14H19N3O2/c18-17(19)9-10-1-5-14-11(10)3-7-16(14)8-4-13-12(14)2-6-15-13/h2,6,10-11,15H,1,3-5,7-9H2/t10-,11-,14+/m0/s1. The van der Waals surface area contributed by atoms with Gasteiger partial charge in [-0.25, -0.2) is 0 Å². The maximum atomic E-state index is 10.9. The number of nitrogens with one attached hydrogen (secondary N) is 1. The van der Waals surface area contributed by atoms with E-state index in [-0.39, 0.29) is 22.9 Å². The Labute approximate surface area is 112 Å². The number of rotatable bonds is 2. The molecule has 0 unspecified atom stereocenters. The van der Waals surface area contributed by atoms with Crippen molar-refractivity contribution in [3.63, 3.8) is 0 Å². The van der Waals surface area contributed by atoms with Crippen molar-refractivity contribution in [2.75, 3.05) is 19.6 Å². The molecule has 5 nitrogen and oxygen atoms in total. The van der Waals surface area contributed by atoms with Crippen LogP contribution in [0.4, 0.5) is 0 Å². The van der Waals surface area contributed by atoms with E-state index >= 15 is 0 Å². The van der Waals surface area contributed by atoms with Gasteiger partial charge in [0.2, 0.25) is 6.54 Å². The second-order valence-corrected chi connectivity index (χ2v) is 6.24. The minimum Gasteiger partial charge on any atom is -0.365 e. The molecular formula is C14H19N3O2. The highest BCUT2D eigenvalue weighted by Crippen LogP contribution is 2.58. The maximum Gasteiger partial charge on any atom is 0.207 e. The minimum absolute atomic E-state index is 0.118. The van der Waals surface area contributed by atoms with Gasteiger partial charge in [-0.2, -0.15) is 0 Å². The second kappa shape index (κ2) is 3.82. The first kappa shape index (κ1) is 11.5. The van der Waals surface area contributed by atoms with Gasteiger partial charge in [0.05, 0.1) is 5.54 Å². The Morgan fingerprint density at radius 2 is 2.37 bits per heavy atom. The SMILES string of the molecule is O=[N+]([O-])C[C@@H]1CC[C@@]23c4cc[nH]c4CCN2CC[C@@H]13. The number of aromatic amines is 1. The zero-order valence-electron chi connectivity index (χ0n) is 11.0. The summed E-state index contributed by atoms with van der Waals surface area (Å²) in [5.74, 6) is 0.744. The second-order valence-electron chi connectivity index (χ2n) is 6.24. The van der Waals surface area contributed by atoms with Gasteiger partial charge in [-0.05, 0) is 43.4 Å². The summed E-state index contributed by atoms with van der Waals surface area (Å²) in [7, 11) is 0. The van der Waals surface area contributed by atoms with Crippen molar-refractivity contribution < 1.29 is 4.92 Å². The van der Waals surface area contributed by atoms with E-state index in [1.54, 1.807) is 0 Å². The van der Waals surface area contributed by atoms with Gasteiger partial charge in [-0.1, -0.05) is 0 Å². The van der Waals surface area contributed by atoms with Crippen molar-refractivity contribution in [1.82, 2.24) is 9.88 Å². The lowest BCUT2D eigenvalue weighted by atomic mass is 9.76. The third-order valence-electron chi connectivity index (χ3n) is 5.67. The van der Waals surface area contributed by atoms with Crippen molar-refractivity contribution in [3.8, 4) is 0 Å². The minimum atomic E-state index is -0.118. The fraction of sp³-hybridized carbons (Fsp3) is 0.714. The van der Waals surface area contributed by atoms with Gasteiger partial charge in [-0.3, -0.25) is 15.0 Å². The number of aromatic nitrogens is 1. The fourth-order valence-corrected chi connectivity index (χ4v) is 5.03. The smallest absolute Gasteiger partial charge is 0.207 e. The van der Waals surface area contributed by atoms with Gasteiger partial charge < -0.3 is 4.98 Å². The molecular weight excluding hydrogens is 242 g/mol. The summed E-state index contributed by atoms with van der Waals surface area (Å²) in [6.07, 6.45) is 6.37. The Hall–Kier alpha value is -1.36. The van der Waals surface area contributed by atoms with Crippen molar-refractivity contribution in [2.24, 2.45) is 11.8 Å². The van der Waals surface area contributed by atoms with Crippen LogP contribution in [-0.4, -0.2) is 34.4 Å². The van der Waals surface area contributed by atoms with Crippen LogP contribution in [0.1, 0.15) is 30.5 Å². The Kier molecular flexibility index (Phi) is 2.31. The molecule has 2 fully saturated rings. The van der Waals surface area contributed by atoms with Crippen molar-refractivity contribution in [3.05, 3.63) is 33.6 Å². The molecule has 1 aromatic rings. The lowest BCUT2D eigenvalue weighted by molar-refractivity contribution is -0.489. The molecule has 19 heavy (non-hydrogen) atoms. The van der Waals surface area contributed by atoms with Crippen LogP contribution >= 0.6 is 0 Å². The van der Waals surface area contributed by atoms with E-state index in [9.17, 15) is 10.1 Å². The van der Waals surface area contributed by atoms with E-state index in [0.717, 1.165) is 38.8 Å². The van der Waals surface area contributed by atoms with E-state index in [2.05, 4.69) is 16.0 Å². The highest BCUT2D eigenvalue weighted by molar-refractivity contribution is 5.36. The van der Waals surface area contributed by atoms with Gasteiger partial charge in [-0.15, -0.1) is 0 Å². The van der Waals surface area contributed by atoms with Crippen LogP contribution < -0.4 is 0 Å². The number of nitro groups is 1. The number of fused-ring (bicyclic) bond motifs is 1. The van der Waals surface area contributed by atoms with Crippen molar-refractivity contribution in [2.45, 2.75) is 31.2 Å². The predicted octanol–water partition coefficient (Wildman–Crippen LogP) is 1.77. The van der Waals surface area contributed by atoms with Gasteiger partial charge >= 0.3 is 0 Å². The van der Waals surface area contributed by atoms with Crippen LogP contribution in [0.2, 0.25) is 0 Å². The van der Waals surface area contributed by atoms with Gasteiger partial charge in [0.1, 0.15) is 0 Å². The number of nitrogens with zero attached hydrogens (tertiary/aromatic N) is 2. The summed E-state index contributed by atoms with van der Waals surface area (Å²) in [5, 5.41) is 10.9. The fourth-order valence-electron chi connectivity index (χ4n) is 5.03. The third-order valence-corrected chi connectivity index (χ3v) is 5.67. The topological polar surface area (TPSA) is 62.2 Å². The van der Waals surface area contributed by atoms with Gasteiger partial charge in [0, 0.05) is 35.7 Å². The predicted molar refractivity (Wildman–Crippen MR) is 70.4 cm³/mol. The average molecular weight is 261 g/mol. The van der Waals surface area contributed by atoms with E-state index in [1.807, 2.05) is 6.20 Å². The van der Waals surface area contributed by atoms with Crippen LogP contribution in [0.3, 0.4) is 0 Å². The molecule has 1 N–H and O–H groups in total. The van der Waals surface area contributed by atoms with E-state index < -0.39 is 0 Å². The molecule has 0 aromatic carbocycles. The molecule has 1 saturated heterocycles. The van der Waals surface area contributed by atoms with Crippen molar-refractivity contribution >= 4 is 0 Å². The molecule has 0 amide bonds. The zero-order valence-corrected chi connectivity index (χ0v) is 11.0. The molecule has 1 spiro atoms. The molecule has 5 heteroatoms. The van der Waals surface area contributed by atoms with Crippen LogP contribution in [0.5, 0.6) is 0 Å². The Balaban J connectivity index is 1.76. The molecule has 1 aliphatic carbocycles. The molecule has 3 heterocycles. The van der Waals surface area contributed by atoms with Crippen LogP contribution in [0.25, 0.3) is 0 Å². The highest BCUT2D eigenvalue weighted by atomic mass is 16.6. The van der Waals surface area contributed by atoms with Crippen LogP contribution in [0.15, 0.2) is 12.3 Å². The molecule has 1 saturated carbocycles. The zero-order chi connectivity index (χ0) is 13.0. The molecule has 0 bridgehead atoms. The lowest BCUT2D eigenvalue weighted by Gasteiger charge is -2.43. The summed E-state index contributed by atoms with van der Waals surface area (Å²) in [4.78, 5) is 16.7. The molecule has 0 radical (unpaired) electrons. The molecule has 3 atom stereocenters. The summed E-state index contributed by atoms with van der Waals surface area (Å²) in [6.45, 7) is 2.37. The van der Waals surface area contributed by atoms with Gasteiger partial charge in [0.15, 0.2) is 0 Å². The van der Waals surface area contributed by atoms with E-state index in [0.29, 0.717) is 5.92 Å². The first-order valence-corrected chi connectivity index (χ1v) is 7.25. The number of hydrogen-bond acceptors (Lipinski definition) is 3. The summed E-state index contributed by atoms with van der Waals surface area (Å²) in [5.41, 5.74) is 2.92. The normalized spacial score (nSPS) is 36.8. The van der Waals surface area contributed by atoms with Crippen LogP contribution in [-0.2, 0) is 12.0 Å². The monoisotopic (exact) mass is 261 g/mol. The average Bonchev–Trinajstić information content (AvgIpc) is 3.02. The maximum absolute atomic E-state index is 10.9. The van der Waals surface area contributed by atoms with E-state index in [4.69, 9.17) is 0 Å². The molecule has 1 aromatic heterocycles. The Morgan fingerprint density at radius 3 is 3.21 bits per heavy atom. The van der Waals surface area contributed by atoms with E-state index in [1.165, 1.54) is 11.3 Å². The highest BCUT2D eigenvalue weighted by Gasteiger charge is 2.59.